The lowest BCUT2D eigenvalue weighted by molar-refractivity contribution is 0.213. The van der Waals surface area contributed by atoms with E-state index < -0.39 is 6.10 Å². The Balaban J connectivity index is 2.53. The Morgan fingerprint density at radius 3 is 2.42 bits per heavy atom. The minimum atomic E-state index is -0.719. The van der Waals surface area contributed by atoms with E-state index in [0.717, 1.165) is 33.7 Å². The molecule has 0 spiro atoms. The Morgan fingerprint density at radius 1 is 1.21 bits per heavy atom. The molecule has 0 aliphatic carbocycles. The molecule has 19 heavy (non-hydrogen) atoms. The summed E-state index contributed by atoms with van der Waals surface area (Å²) in [6.45, 7) is 5.98. The minimum Gasteiger partial charge on any atom is -0.496 e. The van der Waals surface area contributed by atoms with E-state index in [1.165, 1.54) is 0 Å². The summed E-state index contributed by atoms with van der Waals surface area (Å²) in [5.41, 5.74) is 4.75. The molecule has 0 aliphatic rings. The summed E-state index contributed by atoms with van der Waals surface area (Å²) in [6.07, 6.45) is 0.984. The molecule has 1 heterocycles. The van der Waals surface area contributed by atoms with Gasteiger partial charge in [0.1, 0.15) is 11.9 Å². The molecule has 1 unspecified atom stereocenters. The number of hydrogen-bond acceptors (Lipinski definition) is 3. The molecule has 1 atom stereocenters. The summed E-state index contributed by atoms with van der Waals surface area (Å²) in [7, 11) is 3.50. The first-order chi connectivity index (χ1) is 8.97. The second-order valence-corrected chi connectivity index (χ2v) is 4.84. The fourth-order valence-electron chi connectivity index (χ4n) is 2.25. The van der Waals surface area contributed by atoms with Crippen molar-refractivity contribution in [1.29, 1.82) is 0 Å². The molecular weight excluding hydrogens is 240 g/mol. The van der Waals surface area contributed by atoms with Crippen LogP contribution < -0.4 is 4.74 Å². The summed E-state index contributed by atoms with van der Waals surface area (Å²) in [6, 6.07) is 3.92. The fourth-order valence-corrected chi connectivity index (χ4v) is 2.25. The lowest BCUT2D eigenvalue weighted by atomic mass is 9.97. The van der Waals surface area contributed by atoms with Gasteiger partial charge in [0.25, 0.3) is 0 Å². The molecule has 0 fully saturated rings. The molecule has 1 N–H and O–H groups in total. The molecule has 2 rings (SSSR count). The number of aryl methyl sites for hydroxylation is 2. The second-order valence-electron chi connectivity index (χ2n) is 4.84. The van der Waals surface area contributed by atoms with Gasteiger partial charge in [-0.3, -0.25) is 4.68 Å². The van der Waals surface area contributed by atoms with E-state index in [4.69, 9.17) is 4.74 Å². The van der Waals surface area contributed by atoms with Crippen molar-refractivity contribution in [2.24, 2.45) is 7.05 Å². The Labute approximate surface area is 113 Å². The van der Waals surface area contributed by atoms with Crippen LogP contribution in [0.4, 0.5) is 0 Å². The van der Waals surface area contributed by atoms with Crippen LogP contribution in [0.25, 0.3) is 0 Å². The van der Waals surface area contributed by atoms with Crippen LogP contribution in [0.3, 0.4) is 0 Å². The first kappa shape index (κ1) is 13.6. The van der Waals surface area contributed by atoms with Gasteiger partial charge < -0.3 is 9.84 Å². The Kier molecular flexibility index (Phi) is 3.62. The van der Waals surface area contributed by atoms with Gasteiger partial charge in [0.05, 0.1) is 13.3 Å². The number of nitrogens with zero attached hydrogens (tertiary/aromatic N) is 2. The van der Waals surface area contributed by atoms with Crippen LogP contribution >= 0.6 is 0 Å². The Bertz CT molecular complexity index is 602. The van der Waals surface area contributed by atoms with E-state index in [2.05, 4.69) is 5.10 Å². The first-order valence-electron chi connectivity index (χ1n) is 6.28. The van der Waals surface area contributed by atoms with Gasteiger partial charge in [-0.15, -0.1) is 0 Å². The third-order valence-corrected chi connectivity index (χ3v) is 3.77. The van der Waals surface area contributed by atoms with E-state index in [9.17, 15) is 5.11 Å². The average Bonchev–Trinajstić information content (AvgIpc) is 2.72. The summed E-state index contributed by atoms with van der Waals surface area (Å²) < 4.78 is 7.22. The largest absolute Gasteiger partial charge is 0.496 e. The molecule has 4 heteroatoms. The molecule has 4 nitrogen and oxygen atoms in total. The molecule has 2 aromatic rings. The van der Waals surface area contributed by atoms with Gasteiger partial charge >= 0.3 is 0 Å². The van der Waals surface area contributed by atoms with Crippen LogP contribution in [-0.4, -0.2) is 22.0 Å². The molecular formula is C15H20N2O2. The zero-order valence-electron chi connectivity index (χ0n) is 12.1. The van der Waals surface area contributed by atoms with Crippen molar-refractivity contribution < 1.29 is 9.84 Å². The van der Waals surface area contributed by atoms with Crippen molar-refractivity contribution in [3.8, 4) is 5.75 Å². The van der Waals surface area contributed by atoms with Gasteiger partial charge in [0, 0.05) is 23.9 Å². The monoisotopic (exact) mass is 260 g/mol. The number of methoxy groups -OCH3 is 1. The van der Waals surface area contributed by atoms with Crippen LogP contribution in [0, 0.1) is 20.8 Å². The van der Waals surface area contributed by atoms with Crippen LogP contribution in [-0.2, 0) is 7.05 Å². The third-order valence-electron chi connectivity index (χ3n) is 3.77. The van der Waals surface area contributed by atoms with E-state index in [-0.39, 0.29) is 0 Å². The first-order valence-corrected chi connectivity index (χ1v) is 6.28. The highest BCUT2D eigenvalue weighted by Crippen LogP contribution is 2.34. The van der Waals surface area contributed by atoms with Crippen molar-refractivity contribution in [1.82, 2.24) is 9.78 Å². The molecule has 0 amide bonds. The summed E-state index contributed by atoms with van der Waals surface area (Å²) in [5.74, 6) is 0.746. The maximum absolute atomic E-state index is 10.6. The highest BCUT2D eigenvalue weighted by Gasteiger charge is 2.21. The van der Waals surface area contributed by atoms with Gasteiger partial charge in [-0.05, 0) is 31.9 Å². The van der Waals surface area contributed by atoms with Crippen molar-refractivity contribution in [3.63, 3.8) is 0 Å². The maximum Gasteiger partial charge on any atom is 0.128 e. The predicted molar refractivity (Wildman–Crippen MR) is 74.5 cm³/mol. The van der Waals surface area contributed by atoms with Crippen LogP contribution in [0.5, 0.6) is 5.75 Å². The van der Waals surface area contributed by atoms with Crippen LogP contribution in [0.2, 0.25) is 0 Å². The molecule has 0 saturated carbocycles. The number of rotatable bonds is 3. The van der Waals surface area contributed by atoms with Crippen molar-refractivity contribution in [3.05, 3.63) is 46.3 Å². The standard InChI is InChI=1S/C15H20N2O2/c1-9-6-7-12(15(19-5)10(9)2)14(18)13-8-16-17(4)11(13)3/h6-8,14,18H,1-5H3. The lowest BCUT2D eigenvalue weighted by Crippen LogP contribution is -2.06. The summed E-state index contributed by atoms with van der Waals surface area (Å²) >= 11 is 0. The fraction of sp³-hybridized carbons (Fsp3) is 0.400. The Morgan fingerprint density at radius 2 is 1.89 bits per heavy atom. The van der Waals surface area contributed by atoms with Gasteiger partial charge in [-0.2, -0.15) is 5.10 Å². The normalized spacial score (nSPS) is 12.5. The molecule has 1 aromatic carbocycles. The molecule has 0 saturated heterocycles. The van der Waals surface area contributed by atoms with E-state index in [1.807, 2.05) is 40.0 Å². The molecule has 1 aromatic heterocycles. The third kappa shape index (κ3) is 2.24. The minimum absolute atomic E-state index is 0.719. The number of aliphatic hydroxyl groups is 1. The van der Waals surface area contributed by atoms with Gasteiger partial charge in [-0.25, -0.2) is 0 Å². The van der Waals surface area contributed by atoms with E-state index in [1.54, 1.807) is 18.0 Å². The summed E-state index contributed by atoms with van der Waals surface area (Å²) in [5, 5.41) is 14.8. The van der Waals surface area contributed by atoms with E-state index >= 15 is 0 Å². The maximum atomic E-state index is 10.6. The molecule has 0 aliphatic heterocycles. The van der Waals surface area contributed by atoms with Gasteiger partial charge in [0.15, 0.2) is 0 Å². The molecule has 0 bridgehead atoms. The van der Waals surface area contributed by atoms with Crippen LogP contribution in [0.15, 0.2) is 18.3 Å². The second kappa shape index (κ2) is 5.05. The zero-order chi connectivity index (χ0) is 14.2. The highest BCUT2D eigenvalue weighted by atomic mass is 16.5. The smallest absolute Gasteiger partial charge is 0.128 e. The average molecular weight is 260 g/mol. The molecule has 102 valence electrons. The molecule has 0 radical (unpaired) electrons. The van der Waals surface area contributed by atoms with E-state index in [0.29, 0.717) is 0 Å². The van der Waals surface area contributed by atoms with Gasteiger partial charge in [0.2, 0.25) is 0 Å². The van der Waals surface area contributed by atoms with Gasteiger partial charge in [-0.1, -0.05) is 12.1 Å². The van der Waals surface area contributed by atoms with Crippen molar-refractivity contribution >= 4 is 0 Å². The quantitative estimate of drug-likeness (QED) is 0.922. The summed E-state index contributed by atoms with van der Waals surface area (Å²) in [4.78, 5) is 0. The zero-order valence-corrected chi connectivity index (χ0v) is 12.1. The lowest BCUT2D eigenvalue weighted by Gasteiger charge is -2.18. The van der Waals surface area contributed by atoms with Crippen molar-refractivity contribution in [2.75, 3.05) is 7.11 Å². The number of aromatic nitrogens is 2. The number of ether oxygens (including phenoxy) is 1. The SMILES string of the molecule is COc1c(C(O)c2cnn(C)c2C)ccc(C)c1C. The van der Waals surface area contributed by atoms with Crippen LogP contribution in [0.1, 0.15) is 34.1 Å². The number of benzene rings is 1. The Hall–Kier alpha value is -1.81. The number of aliphatic hydroxyl groups excluding tert-OH is 1. The predicted octanol–water partition coefficient (Wildman–Crippen LogP) is 2.44. The highest BCUT2D eigenvalue weighted by molar-refractivity contribution is 5.49. The van der Waals surface area contributed by atoms with Crippen molar-refractivity contribution in [2.45, 2.75) is 26.9 Å². The number of hydrogen-bond donors (Lipinski definition) is 1. The topological polar surface area (TPSA) is 47.3 Å².